The minimum atomic E-state index is -4.52. The second-order valence-electron chi connectivity index (χ2n) is 7.61. The first-order valence-corrected chi connectivity index (χ1v) is 12.2. The molecule has 6 heteroatoms. The van der Waals surface area contributed by atoms with Gasteiger partial charge in [-0.2, -0.15) is 0 Å². The van der Waals surface area contributed by atoms with Crippen molar-refractivity contribution in [2.45, 2.75) is 82.4 Å². The quantitative estimate of drug-likeness (QED) is 0.254. The van der Waals surface area contributed by atoms with Gasteiger partial charge in [0.2, 0.25) is 0 Å². The van der Waals surface area contributed by atoms with E-state index in [9.17, 15) is 13.0 Å². The molecular weight excluding hydrogens is 407 g/mol. The third kappa shape index (κ3) is 11.0. The van der Waals surface area contributed by atoms with Gasteiger partial charge in [0.05, 0.1) is 4.90 Å². The van der Waals surface area contributed by atoms with Crippen LogP contribution in [-0.2, 0) is 16.5 Å². The Bertz CT molecular complexity index is 822. The predicted octanol–water partition coefficient (Wildman–Crippen LogP) is 3.85. The van der Waals surface area contributed by atoms with Gasteiger partial charge >= 0.3 is 29.6 Å². The van der Waals surface area contributed by atoms with E-state index in [1.807, 2.05) is 24.3 Å². The molecule has 0 bridgehead atoms. The number of para-hydroxylation sites is 1. The fraction of sp³-hybridized carbons (Fsp3) is 0.500. The minimum Gasteiger partial charge on any atom is -0.744 e. The van der Waals surface area contributed by atoms with Crippen molar-refractivity contribution in [2.75, 3.05) is 0 Å². The van der Waals surface area contributed by atoms with Gasteiger partial charge in [0.1, 0.15) is 21.6 Å². The van der Waals surface area contributed by atoms with Gasteiger partial charge in [-0.1, -0.05) is 82.9 Å². The van der Waals surface area contributed by atoms with E-state index in [4.69, 9.17) is 4.74 Å². The molecule has 0 saturated heterocycles. The molecule has 0 N–H and O–H groups in total. The maximum atomic E-state index is 11.5. The summed E-state index contributed by atoms with van der Waals surface area (Å²) in [6.07, 6.45) is 13.2. The van der Waals surface area contributed by atoms with E-state index in [-0.39, 0.29) is 34.5 Å². The molecule has 0 fully saturated rings. The van der Waals surface area contributed by atoms with Crippen molar-refractivity contribution in [3.05, 3.63) is 54.1 Å². The van der Waals surface area contributed by atoms with E-state index in [1.165, 1.54) is 63.5 Å². The molecule has 0 aliphatic rings. The molecule has 4 nitrogen and oxygen atoms in total. The van der Waals surface area contributed by atoms with Gasteiger partial charge in [0, 0.05) is 0 Å². The van der Waals surface area contributed by atoms with E-state index >= 15 is 0 Å². The van der Waals surface area contributed by atoms with E-state index in [0.29, 0.717) is 11.5 Å². The van der Waals surface area contributed by atoms with Crippen LogP contribution >= 0.6 is 0 Å². The summed E-state index contributed by atoms with van der Waals surface area (Å²) in [5, 5.41) is 0. The third-order valence-corrected chi connectivity index (χ3v) is 5.84. The molecule has 0 heterocycles. The Balaban J connectivity index is 0.00000450. The van der Waals surface area contributed by atoms with Crippen molar-refractivity contribution < 1.29 is 47.3 Å². The van der Waals surface area contributed by atoms with Crippen LogP contribution in [0.3, 0.4) is 0 Å². The molecule has 0 radical (unpaired) electrons. The number of rotatable bonds is 14. The molecule has 0 unspecified atom stereocenters. The average molecular weight is 441 g/mol. The topological polar surface area (TPSA) is 66.4 Å². The van der Waals surface area contributed by atoms with Crippen LogP contribution in [0.1, 0.15) is 76.7 Å². The molecule has 0 aliphatic heterocycles. The number of aryl methyl sites for hydroxylation is 1. The summed E-state index contributed by atoms with van der Waals surface area (Å²) in [6.45, 7) is 2.24. The van der Waals surface area contributed by atoms with Crippen molar-refractivity contribution >= 4 is 10.1 Å². The van der Waals surface area contributed by atoms with Crippen molar-refractivity contribution in [1.82, 2.24) is 0 Å². The fourth-order valence-corrected chi connectivity index (χ4v) is 3.98. The van der Waals surface area contributed by atoms with Crippen LogP contribution in [0.2, 0.25) is 0 Å². The number of unbranched alkanes of at least 4 members (excludes halogenated alkanes) is 9. The first-order chi connectivity index (χ1) is 14.0. The maximum Gasteiger partial charge on any atom is 1.00 e. The molecule has 2 aromatic rings. The molecular formula is C24H33NaO4S. The molecule has 160 valence electrons. The predicted molar refractivity (Wildman–Crippen MR) is 116 cm³/mol. The van der Waals surface area contributed by atoms with E-state index in [2.05, 4.69) is 6.92 Å². The van der Waals surface area contributed by atoms with Crippen molar-refractivity contribution in [2.24, 2.45) is 0 Å². The van der Waals surface area contributed by atoms with Gasteiger partial charge in [-0.25, -0.2) is 8.42 Å². The third-order valence-electron chi connectivity index (χ3n) is 5.03. The van der Waals surface area contributed by atoms with Crippen LogP contribution in [-0.4, -0.2) is 13.0 Å². The maximum absolute atomic E-state index is 11.5. The van der Waals surface area contributed by atoms with Crippen molar-refractivity contribution in [3.63, 3.8) is 0 Å². The Labute approximate surface area is 204 Å². The number of benzene rings is 2. The molecule has 0 amide bonds. The zero-order valence-corrected chi connectivity index (χ0v) is 21.3. The molecule has 0 aromatic heterocycles. The van der Waals surface area contributed by atoms with Gasteiger partial charge in [-0.15, -0.1) is 0 Å². The van der Waals surface area contributed by atoms with Crippen LogP contribution in [0.4, 0.5) is 0 Å². The van der Waals surface area contributed by atoms with Crippen LogP contribution < -0.4 is 34.3 Å². The normalized spacial score (nSPS) is 11.1. The summed E-state index contributed by atoms with van der Waals surface area (Å²) < 4.78 is 40.3. The summed E-state index contributed by atoms with van der Waals surface area (Å²) in [5.41, 5.74) is 0.826. The first-order valence-electron chi connectivity index (χ1n) is 10.8. The largest absolute Gasteiger partial charge is 1.00 e. The summed E-state index contributed by atoms with van der Waals surface area (Å²) >= 11 is 0. The Kier molecular flexibility index (Phi) is 13.6. The van der Waals surface area contributed by atoms with Crippen molar-refractivity contribution in [3.8, 4) is 11.5 Å². The van der Waals surface area contributed by atoms with Gasteiger partial charge in [0.25, 0.3) is 0 Å². The molecule has 2 rings (SSSR count). The molecule has 0 spiro atoms. The minimum absolute atomic E-state index is 0. The Morgan fingerprint density at radius 1 is 0.767 bits per heavy atom. The second-order valence-corrected chi connectivity index (χ2v) is 8.99. The number of ether oxygens (including phenoxy) is 1. The summed E-state index contributed by atoms with van der Waals surface area (Å²) in [4.78, 5) is -0.229. The van der Waals surface area contributed by atoms with Gasteiger partial charge in [0.15, 0.2) is 0 Å². The molecule has 30 heavy (non-hydrogen) atoms. The molecule has 2 aromatic carbocycles. The first kappa shape index (κ1) is 27.2. The van der Waals surface area contributed by atoms with Crippen LogP contribution in [0.15, 0.2) is 53.4 Å². The number of hydrogen-bond acceptors (Lipinski definition) is 4. The van der Waals surface area contributed by atoms with Crippen molar-refractivity contribution in [1.29, 1.82) is 0 Å². The molecule has 0 atom stereocenters. The average Bonchev–Trinajstić information content (AvgIpc) is 2.69. The molecule has 0 aliphatic carbocycles. The summed E-state index contributed by atoms with van der Waals surface area (Å²) in [5.74, 6) is 0.994. The SMILES string of the molecule is CCCCCCCCCCCCc1cc(Oc2ccccc2)cc(S(=O)(=O)[O-])c1.[Na+]. The standard InChI is InChI=1S/C24H34O4S.Na/c1-2-3-4-5-6-7-8-9-10-12-15-21-18-23(20-24(19-21)29(25,26)27)28-22-16-13-11-14-17-22;/h11,13-14,16-20H,2-10,12,15H2,1H3,(H,25,26,27);/q;+1/p-1. The Morgan fingerprint density at radius 2 is 1.33 bits per heavy atom. The zero-order chi connectivity index (χ0) is 21.0. The van der Waals surface area contributed by atoms with Gasteiger partial charge in [-0.05, 0) is 48.7 Å². The van der Waals surface area contributed by atoms with E-state index in [0.717, 1.165) is 24.8 Å². The Morgan fingerprint density at radius 3 is 1.90 bits per heavy atom. The van der Waals surface area contributed by atoms with E-state index < -0.39 is 10.1 Å². The van der Waals surface area contributed by atoms with Gasteiger partial charge < -0.3 is 9.29 Å². The smallest absolute Gasteiger partial charge is 0.744 e. The van der Waals surface area contributed by atoms with Crippen LogP contribution in [0.25, 0.3) is 0 Å². The van der Waals surface area contributed by atoms with Crippen LogP contribution in [0.5, 0.6) is 11.5 Å². The second kappa shape index (κ2) is 15.0. The summed E-state index contributed by atoms with van der Waals surface area (Å²) in [6, 6.07) is 13.8. The zero-order valence-electron chi connectivity index (χ0n) is 18.4. The van der Waals surface area contributed by atoms with Gasteiger partial charge in [-0.3, -0.25) is 0 Å². The summed E-state index contributed by atoms with van der Waals surface area (Å²) in [7, 11) is -4.52. The number of hydrogen-bond donors (Lipinski definition) is 0. The Hall–Kier alpha value is -0.850. The molecule has 0 saturated carbocycles. The van der Waals surface area contributed by atoms with Crippen LogP contribution in [0, 0.1) is 0 Å². The van der Waals surface area contributed by atoms with E-state index in [1.54, 1.807) is 12.1 Å². The monoisotopic (exact) mass is 440 g/mol. The fourth-order valence-electron chi connectivity index (χ4n) is 3.42.